The minimum absolute atomic E-state index is 0.317. The molecule has 5 nitrogen and oxygen atoms in total. The number of esters is 1. The summed E-state index contributed by atoms with van der Waals surface area (Å²) >= 11 is 3.31. The van der Waals surface area contributed by atoms with Crippen LogP contribution in [-0.4, -0.2) is 39.5 Å². The van der Waals surface area contributed by atoms with Gasteiger partial charge in [0, 0.05) is 30.3 Å². The Morgan fingerprint density at radius 1 is 1.25 bits per heavy atom. The number of halogens is 1. The molecule has 0 atom stereocenters. The van der Waals surface area contributed by atoms with Gasteiger partial charge >= 0.3 is 5.97 Å². The van der Waals surface area contributed by atoms with Gasteiger partial charge in [0.15, 0.2) is 0 Å². The summed E-state index contributed by atoms with van der Waals surface area (Å²) in [6, 6.07) is 3.47. The minimum Gasteiger partial charge on any atom is -0.462 e. The molecule has 0 amide bonds. The molecule has 112 valence electrons. The van der Waals surface area contributed by atoms with E-state index >= 15 is 0 Å². The third kappa shape index (κ3) is 5.48. The van der Waals surface area contributed by atoms with Crippen LogP contribution in [0.5, 0.6) is 0 Å². The maximum Gasteiger partial charge on any atom is 0.338 e. The molecular weight excluding hydrogens is 326 g/mol. The van der Waals surface area contributed by atoms with Crippen LogP contribution in [-0.2, 0) is 14.2 Å². The Labute approximate surface area is 127 Å². The maximum atomic E-state index is 11.9. The standard InChI is InChI=1S/C14H20BrNO4/c1-10-12(8-11(15)9-13(10)16)14(17)20-5-3-4-19-7-6-18-2/h8-9H,3-7,16H2,1-2H3. The van der Waals surface area contributed by atoms with Crippen molar-refractivity contribution in [1.29, 1.82) is 0 Å². The molecule has 1 aromatic carbocycles. The van der Waals surface area contributed by atoms with Crippen LogP contribution >= 0.6 is 15.9 Å². The van der Waals surface area contributed by atoms with E-state index in [0.29, 0.717) is 44.1 Å². The molecule has 0 saturated heterocycles. The summed E-state index contributed by atoms with van der Waals surface area (Å²) in [5, 5.41) is 0. The molecule has 20 heavy (non-hydrogen) atoms. The lowest BCUT2D eigenvalue weighted by Gasteiger charge is -2.10. The van der Waals surface area contributed by atoms with Gasteiger partial charge in [0.05, 0.1) is 25.4 Å². The minimum atomic E-state index is -0.368. The molecular formula is C14H20BrNO4. The van der Waals surface area contributed by atoms with Gasteiger partial charge in [0.1, 0.15) is 0 Å². The van der Waals surface area contributed by atoms with E-state index in [1.54, 1.807) is 26.2 Å². The van der Waals surface area contributed by atoms with Crippen molar-refractivity contribution in [2.75, 3.05) is 39.3 Å². The molecule has 1 rings (SSSR count). The average Bonchev–Trinajstić information content (AvgIpc) is 2.41. The van der Waals surface area contributed by atoms with Crippen molar-refractivity contribution in [2.45, 2.75) is 13.3 Å². The SMILES string of the molecule is COCCOCCCOC(=O)c1cc(Br)cc(N)c1C. The van der Waals surface area contributed by atoms with Gasteiger partial charge in [-0.3, -0.25) is 0 Å². The molecule has 0 spiro atoms. The number of hydrogen-bond donors (Lipinski definition) is 1. The number of benzene rings is 1. The largest absolute Gasteiger partial charge is 0.462 e. The van der Waals surface area contributed by atoms with Crippen molar-refractivity contribution in [1.82, 2.24) is 0 Å². The molecule has 0 unspecified atom stereocenters. The van der Waals surface area contributed by atoms with E-state index in [-0.39, 0.29) is 5.97 Å². The summed E-state index contributed by atoms with van der Waals surface area (Å²) in [6.07, 6.45) is 0.651. The van der Waals surface area contributed by atoms with Crippen LogP contribution < -0.4 is 5.73 Å². The van der Waals surface area contributed by atoms with Crippen molar-refractivity contribution >= 4 is 27.6 Å². The van der Waals surface area contributed by atoms with Gasteiger partial charge in [0.25, 0.3) is 0 Å². The summed E-state index contributed by atoms with van der Waals surface area (Å²) in [6.45, 7) is 3.77. The number of ether oxygens (including phenoxy) is 3. The van der Waals surface area contributed by atoms with E-state index in [4.69, 9.17) is 19.9 Å². The molecule has 0 saturated carbocycles. The highest BCUT2D eigenvalue weighted by molar-refractivity contribution is 9.10. The number of methoxy groups -OCH3 is 1. The first-order valence-electron chi connectivity index (χ1n) is 6.35. The van der Waals surface area contributed by atoms with Crippen LogP contribution in [0.15, 0.2) is 16.6 Å². The summed E-state index contributed by atoms with van der Waals surface area (Å²) in [5.74, 6) is -0.368. The number of rotatable bonds is 8. The van der Waals surface area contributed by atoms with Gasteiger partial charge in [-0.25, -0.2) is 4.79 Å². The Balaban J connectivity index is 2.36. The second-order valence-electron chi connectivity index (χ2n) is 4.26. The molecule has 0 aliphatic heterocycles. The first kappa shape index (κ1) is 16.9. The lowest BCUT2D eigenvalue weighted by molar-refractivity contribution is 0.0385. The summed E-state index contributed by atoms with van der Waals surface area (Å²) < 4.78 is 16.1. The lowest BCUT2D eigenvalue weighted by atomic mass is 10.1. The predicted octanol–water partition coefficient (Wildman–Crippen LogP) is 2.55. The van der Waals surface area contributed by atoms with Crippen LogP contribution in [0.25, 0.3) is 0 Å². The molecule has 0 aliphatic rings. The van der Waals surface area contributed by atoms with Gasteiger partial charge in [-0.15, -0.1) is 0 Å². The Morgan fingerprint density at radius 2 is 2.00 bits per heavy atom. The normalized spacial score (nSPS) is 10.6. The van der Waals surface area contributed by atoms with Gasteiger partial charge < -0.3 is 19.9 Å². The molecule has 1 aromatic rings. The quantitative estimate of drug-likeness (QED) is 0.445. The highest BCUT2D eigenvalue weighted by Gasteiger charge is 2.13. The van der Waals surface area contributed by atoms with Crippen molar-refractivity contribution in [2.24, 2.45) is 0 Å². The summed E-state index contributed by atoms with van der Waals surface area (Å²) in [5.41, 5.74) is 7.59. The Bertz CT molecular complexity index is 451. The second-order valence-corrected chi connectivity index (χ2v) is 5.18. The first-order chi connectivity index (χ1) is 9.56. The van der Waals surface area contributed by atoms with E-state index in [1.165, 1.54) is 0 Å². The van der Waals surface area contributed by atoms with E-state index < -0.39 is 0 Å². The maximum absolute atomic E-state index is 11.9. The number of nitrogen functional groups attached to an aromatic ring is 1. The molecule has 0 aromatic heterocycles. The summed E-state index contributed by atoms with van der Waals surface area (Å²) in [4.78, 5) is 11.9. The Hall–Kier alpha value is -1.11. The number of hydrogen-bond acceptors (Lipinski definition) is 5. The number of nitrogens with two attached hydrogens (primary N) is 1. The van der Waals surface area contributed by atoms with Crippen LogP contribution in [0.3, 0.4) is 0 Å². The highest BCUT2D eigenvalue weighted by atomic mass is 79.9. The zero-order valence-corrected chi connectivity index (χ0v) is 13.4. The molecule has 0 heterocycles. The number of anilines is 1. The fraction of sp³-hybridized carbons (Fsp3) is 0.500. The number of carbonyl (C=O) groups is 1. The molecule has 6 heteroatoms. The summed E-state index contributed by atoms with van der Waals surface area (Å²) in [7, 11) is 1.62. The van der Waals surface area contributed by atoms with E-state index in [1.807, 2.05) is 0 Å². The van der Waals surface area contributed by atoms with Crippen LogP contribution in [0.4, 0.5) is 5.69 Å². The van der Waals surface area contributed by atoms with Crippen molar-refractivity contribution in [3.05, 3.63) is 27.7 Å². The third-order valence-corrected chi connectivity index (χ3v) is 3.19. The van der Waals surface area contributed by atoms with Crippen LogP contribution in [0, 0.1) is 6.92 Å². The Morgan fingerprint density at radius 3 is 2.70 bits per heavy atom. The van der Waals surface area contributed by atoms with Crippen molar-refractivity contribution < 1.29 is 19.0 Å². The highest BCUT2D eigenvalue weighted by Crippen LogP contribution is 2.23. The van der Waals surface area contributed by atoms with E-state index in [9.17, 15) is 4.79 Å². The van der Waals surface area contributed by atoms with E-state index in [0.717, 1.165) is 10.0 Å². The fourth-order valence-electron chi connectivity index (χ4n) is 1.56. The van der Waals surface area contributed by atoms with Gasteiger partial charge in [0.2, 0.25) is 0 Å². The van der Waals surface area contributed by atoms with Crippen LogP contribution in [0.1, 0.15) is 22.3 Å². The van der Waals surface area contributed by atoms with Gasteiger partial charge in [-0.05, 0) is 24.6 Å². The number of carbonyl (C=O) groups excluding carboxylic acids is 1. The molecule has 0 fully saturated rings. The monoisotopic (exact) mass is 345 g/mol. The molecule has 0 aliphatic carbocycles. The average molecular weight is 346 g/mol. The van der Waals surface area contributed by atoms with Crippen molar-refractivity contribution in [3.8, 4) is 0 Å². The molecule has 2 N–H and O–H groups in total. The second kappa shape index (κ2) is 8.94. The zero-order chi connectivity index (χ0) is 15.0. The van der Waals surface area contributed by atoms with Gasteiger partial charge in [-0.2, -0.15) is 0 Å². The van der Waals surface area contributed by atoms with Crippen LogP contribution in [0.2, 0.25) is 0 Å². The lowest BCUT2D eigenvalue weighted by Crippen LogP contribution is -2.11. The zero-order valence-electron chi connectivity index (χ0n) is 11.8. The third-order valence-electron chi connectivity index (χ3n) is 2.73. The smallest absolute Gasteiger partial charge is 0.338 e. The molecule has 0 bridgehead atoms. The Kier molecular flexibility index (Phi) is 7.58. The topological polar surface area (TPSA) is 70.8 Å². The van der Waals surface area contributed by atoms with Crippen molar-refractivity contribution in [3.63, 3.8) is 0 Å². The fourth-order valence-corrected chi connectivity index (χ4v) is 2.04. The first-order valence-corrected chi connectivity index (χ1v) is 7.15. The van der Waals surface area contributed by atoms with Gasteiger partial charge in [-0.1, -0.05) is 15.9 Å². The predicted molar refractivity (Wildman–Crippen MR) is 80.9 cm³/mol. The molecule has 0 radical (unpaired) electrons. The van der Waals surface area contributed by atoms with E-state index in [2.05, 4.69) is 15.9 Å².